The normalized spacial score (nSPS) is 11.5. The smallest absolute Gasteiger partial charge is 0.348 e. The van der Waals surface area contributed by atoms with Crippen LogP contribution in [0.1, 0.15) is 27.0 Å². The first-order chi connectivity index (χ1) is 14.8. The third kappa shape index (κ3) is 4.43. The van der Waals surface area contributed by atoms with Crippen LogP contribution in [0.3, 0.4) is 0 Å². The van der Waals surface area contributed by atoms with Gasteiger partial charge in [-0.05, 0) is 53.3 Å². The fraction of sp³-hybridized carbons (Fsp3) is 0.120. The molecule has 0 radical (unpaired) electrons. The molecule has 4 rings (SSSR count). The lowest BCUT2D eigenvalue weighted by molar-refractivity contribution is -0.137. The summed E-state index contributed by atoms with van der Waals surface area (Å²) in [5.74, 6) is -0.564. The molecule has 1 heterocycles. The second kappa shape index (κ2) is 8.22. The highest BCUT2D eigenvalue weighted by Gasteiger charge is 2.30. The molecule has 0 bridgehead atoms. The summed E-state index contributed by atoms with van der Waals surface area (Å²) in [4.78, 5) is 16.7. The maximum absolute atomic E-state index is 12.9. The van der Waals surface area contributed by atoms with Crippen LogP contribution in [0.2, 0.25) is 0 Å². The first-order valence-electron chi connectivity index (χ1n) is 9.71. The fourth-order valence-corrected chi connectivity index (χ4v) is 3.50. The minimum atomic E-state index is -4.50. The molecular formula is C25H19F3N2O. The van der Waals surface area contributed by atoms with Gasteiger partial charge in [-0.1, -0.05) is 48.0 Å². The molecule has 0 spiro atoms. The highest BCUT2D eigenvalue weighted by Crippen LogP contribution is 2.31. The molecule has 1 aromatic heterocycles. The summed E-state index contributed by atoms with van der Waals surface area (Å²) in [6, 6.07) is 18.4. The average molecular weight is 420 g/mol. The molecule has 6 heteroatoms. The molecular weight excluding hydrogens is 401 g/mol. The third-order valence-electron chi connectivity index (χ3n) is 5.16. The predicted molar refractivity (Wildman–Crippen MR) is 115 cm³/mol. The van der Waals surface area contributed by atoms with E-state index in [1.54, 1.807) is 12.4 Å². The van der Waals surface area contributed by atoms with Crippen LogP contribution in [-0.2, 0) is 12.7 Å². The van der Waals surface area contributed by atoms with Gasteiger partial charge in [0, 0.05) is 29.9 Å². The van der Waals surface area contributed by atoms with E-state index in [1.807, 2.05) is 37.3 Å². The summed E-state index contributed by atoms with van der Waals surface area (Å²) >= 11 is 0. The molecule has 0 saturated carbocycles. The Morgan fingerprint density at radius 2 is 1.74 bits per heavy atom. The summed E-state index contributed by atoms with van der Waals surface area (Å²) in [6.07, 6.45) is -1.05. The zero-order chi connectivity index (χ0) is 22.0. The van der Waals surface area contributed by atoms with Crippen molar-refractivity contribution in [3.8, 4) is 11.1 Å². The molecule has 3 aromatic carbocycles. The summed E-state index contributed by atoms with van der Waals surface area (Å²) in [5.41, 5.74) is 3.24. The van der Waals surface area contributed by atoms with E-state index in [9.17, 15) is 18.0 Å². The van der Waals surface area contributed by atoms with Crippen molar-refractivity contribution in [2.75, 3.05) is 0 Å². The molecule has 4 aromatic rings. The van der Waals surface area contributed by atoms with Gasteiger partial charge in [-0.15, -0.1) is 0 Å². The van der Waals surface area contributed by atoms with Crippen LogP contribution in [0.15, 0.2) is 79.1 Å². The number of aryl methyl sites for hydroxylation is 1. The van der Waals surface area contributed by atoms with E-state index in [-0.39, 0.29) is 12.1 Å². The molecule has 0 unspecified atom stereocenters. The average Bonchev–Trinajstić information content (AvgIpc) is 2.77. The van der Waals surface area contributed by atoms with Crippen molar-refractivity contribution in [3.63, 3.8) is 0 Å². The fourth-order valence-electron chi connectivity index (χ4n) is 3.50. The van der Waals surface area contributed by atoms with Gasteiger partial charge in [0.15, 0.2) is 0 Å². The van der Waals surface area contributed by atoms with Gasteiger partial charge < -0.3 is 5.32 Å². The Labute approximate surface area is 177 Å². The predicted octanol–water partition coefficient (Wildman–Crippen LogP) is 6.16. The van der Waals surface area contributed by atoms with E-state index in [2.05, 4.69) is 22.4 Å². The van der Waals surface area contributed by atoms with Crippen LogP contribution in [0.4, 0.5) is 13.2 Å². The molecule has 0 saturated heterocycles. The minimum Gasteiger partial charge on any atom is -0.348 e. The zero-order valence-corrected chi connectivity index (χ0v) is 16.7. The first-order valence-corrected chi connectivity index (χ1v) is 9.71. The highest BCUT2D eigenvalue weighted by atomic mass is 19.4. The number of carbonyl (C=O) groups is 1. The molecule has 156 valence electrons. The standard InChI is InChI=1S/C25H19F3N2O/c1-16-5-7-17(8-6-16)21-10-9-19(23-15-29-12-11-22(21)23)14-30-24(31)18-3-2-4-20(13-18)25(26,27)28/h2-13,15H,14H2,1H3,(H,30,31). The van der Waals surface area contributed by atoms with Crippen molar-refractivity contribution >= 4 is 16.7 Å². The summed E-state index contributed by atoms with van der Waals surface area (Å²) in [6.45, 7) is 2.20. The van der Waals surface area contributed by atoms with Gasteiger partial charge >= 0.3 is 6.18 Å². The quantitative estimate of drug-likeness (QED) is 0.430. The van der Waals surface area contributed by atoms with E-state index in [0.717, 1.165) is 39.6 Å². The number of nitrogens with one attached hydrogen (secondary N) is 1. The molecule has 0 aliphatic carbocycles. The van der Waals surface area contributed by atoms with Crippen LogP contribution in [0.25, 0.3) is 21.9 Å². The molecule has 1 amide bonds. The number of aromatic nitrogens is 1. The van der Waals surface area contributed by atoms with Gasteiger partial charge in [-0.25, -0.2) is 0 Å². The van der Waals surface area contributed by atoms with Crippen molar-refractivity contribution < 1.29 is 18.0 Å². The Morgan fingerprint density at radius 3 is 2.48 bits per heavy atom. The van der Waals surface area contributed by atoms with Gasteiger partial charge in [0.1, 0.15) is 0 Å². The molecule has 0 aliphatic heterocycles. The van der Waals surface area contributed by atoms with Crippen LogP contribution >= 0.6 is 0 Å². The SMILES string of the molecule is Cc1ccc(-c2ccc(CNC(=O)c3cccc(C(F)(F)F)c3)c3cnccc23)cc1. The van der Waals surface area contributed by atoms with Crippen molar-refractivity contribution in [2.45, 2.75) is 19.6 Å². The highest BCUT2D eigenvalue weighted by molar-refractivity contribution is 5.99. The lowest BCUT2D eigenvalue weighted by Gasteiger charge is -2.13. The number of rotatable bonds is 4. The van der Waals surface area contributed by atoms with Crippen LogP contribution < -0.4 is 5.32 Å². The lowest BCUT2D eigenvalue weighted by atomic mass is 9.95. The Balaban J connectivity index is 1.61. The number of pyridine rings is 1. The number of carbonyl (C=O) groups excluding carboxylic acids is 1. The number of hydrogen-bond donors (Lipinski definition) is 1. The summed E-state index contributed by atoms with van der Waals surface area (Å²) in [5, 5.41) is 4.59. The third-order valence-corrected chi connectivity index (χ3v) is 5.16. The number of alkyl halides is 3. The Bertz CT molecular complexity index is 1250. The van der Waals surface area contributed by atoms with Crippen molar-refractivity contribution in [1.29, 1.82) is 0 Å². The van der Waals surface area contributed by atoms with Crippen molar-refractivity contribution in [1.82, 2.24) is 10.3 Å². The van der Waals surface area contributed by atoms with E-state index in [4.69, 9.17) is 0 Å². The largest absolute Gasteiger partial charge is 0.416 e. The van der Waals surface area contributed by atoms with Gasteiger partial charge in [0.05, 0.1) is 5.56 Å². The van der Waals surface area contributed by atoms with Crippen LogP contribution in [0, 0.1) is 6.92 Å². The minimum absolute atomic E-state index is 0.0338. The maximum atomic E-state index is 12.9. The van der Waals surface area contributed by atoms with Gasteiger partial charge in [-0.2, -0.15) is 13.2 Å². The number of fused-ring (bicyclic) bond motifs is 1. The molecule has 0 aliphatic rings. The van der Waals surface area contributed by atoms with E-state index < -0.39 is 17.6 Å². The number of hydrogen-bond acceptors (Lipinski definition) is 2. The molecule has 31 heavy (non-hydrogen) atoms. The molecule has 1 N–H and O–H groups in total. The van der Waals surface area contributed by atoms with Crippen molar-refractivity contribution in [2.24, 2.45) is 0 Å². The number of nitrogens with zero attached hydrogens (tertiary/aromatic N) is 1. The monoisotopic (exact) mass is 420 g/mol. The number of benzene rings is 3. The zero-order valence-electron chi connectivity index (χ0n) is 16.7. The van der Waals surface area contributed by atoms with Gasteiger partial charge in [0.25, 0.3) is 5.91 Å². The van der Waals surface area contributed by atoms with E-state index >= 15 is 0 Å². The second-order valence-corrected chi connectivity index (χ2v) is 7.32. The van der Waals surface area contributed by atoms with Crippen LogP contribution in [0.5, 0.6) is 0 Å². The van der Waals surface area contributed by atoms with E-state index in [1.165, 1.54) is 17.7 Å². The first kappa shape index (κ1) is 20.6. The molecule has 0 fully saturated rings. The summed E-state index contributed by atoms with van der Waals surface area (Å²) in [7, 11) is 0. The second-order valence-electron chi connectivity index (χ2n) is 7.32. The van der Waals surface area contributed by atoms with Crippen molar-refractivity contribution in [3.05, 3.63) is 101 Å². The van der Waals surface area contributed by atoms with Gasteiger partial charge in [-0.3, -0.25) is 9.78 Å². The van der Waals surface area contributed by atoms with E-state index in [0.29, 0.717) is 0 Å². The Hall–Kier alpha value is -3.67. The molecule has 3 nitrogen and oxygen atoms in total. The topological polar surface area (TPSA) is 42.0 Å². The van der Waals surface area contributed by atoms with Crippen LogP contribution in [-0.4, -0.2) is 10.9 Å². The number of amides is 1. The maximum Gasteiger partial charge on any atom is 0.416 e. The summed E-state index contributed by atoms with van der Waals surface area (Å²) < 4.78 is 38.8. The number of halogens is 3. The lowest BCUT2D eigenvalue weighted by Crippen LogP contribution is -2.23. The Morgan fingerprint density at radius 1 is 0.968 bits per heavy atom. The Kier molecular flexibility index (Phi) is 5.46. The molecule has 0 atom stereocenters. The van der Waals surface area contributed by atoms with Gasteiger partial charge in [0.2, 0.25) is 0 Å².